The van der Waals surface area contributed by atoms with Crippen molar-refractivity contribution in [3.05, 3.63) is 76.1 Å². The van der Waals surface area contributed by atoms with E-state index in [1.165, 1.54) is 6.92 Å². The van der Waals surface area contributed by atoms with Crippen molar-refractivity contribution in [3.8, 4) is 23.2 Å². The molecule has 1 aliphatic heterocycles. The zero-order valence-electron chi connectivity index (χ0n) is 15.4. The third-order valence-corrected chi connectivity index (χ3v) is 4.98. The van der Waals surface area contributed by atoms with Crippen LogP contribution in [0.15, 0.2) is 60.0 Å². The molecule has 1 aromatic heterocycles. The number of aromatic amines is 1. The lowest BCUT2D eigenvalue weighted by molar-refractivity contribution is -0.114. The van der Waals surface area contributed by atoms with Crippen molar-refractivity contribution in [1.82, 2.24) is 10.2 Å². The molecule has 1 unspecified atom stereocenters. The average Bonchev–Trinajstić information content (AvgIpc) is 3.10. The number of aromatic nitrogens is 2. The summed E-state index contributed by atoms with van der Waals surface area (Å²) in [6.45, 7) is 1.44. The molecule has 0 saturated carbocycles. The Hall–Kier alpha value is -3.76. The van der Waals surface area contributed by atoms with Crippen LogP contribution < -0.4 is 15.8 Å². The van der Waals surface area contributed by atoms with Gasteiger partial charge in [0.1, 0.15) is 11.6 Å². The summed E-state index contributed by atoms with van der Waals surface area (Å²) in [5.41, 5.74) is 9.81. The molecule has 2 heterocycles. The van der Waals surface area contributed by atoms with E-state index in [0.29, 0.717) is 27.8 Å². The van der Waals surface area contributed by atoms with Gasteiger partial charge in [0, 0.05) is 23.2 Å². The van der Waals surface area contributed by atoms with Crippen molar-refractivity contribution < 1.29 is 9.53 Å². The van der Waals surface area contributed by atoms with Gasteiger partial charge in [-0.1, -0.05) is 41.9 Å². The Morgan fingerprint density at radius 1 is 1.28 bits per heavy atom. The van der Waals surface area contributed by atoms with Crippen LogP contribution >= 0.6 is 11.6 Å². The maximum absolute atomic E-state index is 11.3. The van der Waals surface area contributed by atoms with E-state index in [1.807, 2.05) is 30.3 Å². The topological polar surface area (TPSA) is 117 Å². The number of anilines is 1. The second kappa shape index (κ2) is 7.34. The molecule has 8 heteroatoms. The average molecular weight is 406 g/mol. The van der Waals surface area contributed by atoms with E-state index in [1.54, 1.807) is 18.2 Å². The number of halogens is 1. The smallest absolute Gasteiger partial charge is 0.244 e. The summed E-state index contributed by atoms with van der Waals surface area (Å²) in [4.78, 5) is 11.3. The zero-order chi connectivity index (χ0) is 20.5. The molecule has 1 amide bonds. The number of hydrogen-bond donors (Lipinski definition) is 3. The van der Waals surface area contributed by atoms with E-state index < -0.39 is 5.92 Å². The molecule has 29 heavy (non-hydrogen) atoms. The lowest BCUT2D eigenvalue weighted by Crippen LogP contribution is -2.21. The summed E-state index contributed by atoms with van der Waals surface area (Å²) in [6.07, 6.45) is 0. The van der Waals surface area contributed by atoms with Crippen LogP contribution in [0.5, 0.6) is 5.88 Å². The summed E-state index contributed by atoms with van der Waals surface area (Å²) in [5.74, 6) is -0.357. The molecule has 0 bridgehead atoms. The fourth-order valence-corrected chi connectivity index (χ4v) is 3.64. The molecule has 3 aromatic rings. The van der Waals surface area contributed by atoms with Crippen LogP contribution in [0, 0.1) is 11.3 Å². The molecular weight excluding hydrogens is 390 g/mol. The lowest BCUT2D eigenvalue weighted by atomic mass is 9.83. The molecule has 7 nitrogen and oxygen atoms in total. The number of fused-ring (bicyclic) bond motifs is 1. The molecule has 1 aliphatic rings. The maximum atomic E-state index is 11.3. The molecule has 4 rings (SSSR count). The summed E-state index contributed by atoms with van der Waals surface area (Å²) in [7, 11) is 0. The number of ether oxygens (including phenoxy) is 1. The largest absolute Gasteiger partial charge is 0.420 e. The van der Waals surface area contributed by atoms with Crippen LogP contribution in [0.25, 0.3) is 11.3 Å². The van der Waals surface area contributed by atoms with Gasteiger partial charge in [-0.15, -0.1) is 5.10 Å². The molecule has 2 aromatic carbocycles. The van der Waals surface area contributed by atoms with Gasteiger partial charge in [0.15, 0.2) is 0 Å². The van der Waals surface area contributed by atoms with Gasteiger partial charge in [-0.3, -0.25) is 9.89 Å². The number of allylic oxidation sites excluding steroid dienone is 1. The minimum Gasteiger partial charge on any atom is -0.420 e. The number of hydrogen-bond acceptors (Lipinski definition) is 5. The Bertz CT molecular complexity index is 1170. The number of carbonyl (C=O) groups excluding carboxylic acids is 1. The normalized spacial score (nSPS) is 15.3. The van der Waals surface area contributed by atoms with Gasteiger partial charge < -0.3 is 15.8 Å². The van der Waals surface area contributed by atoms with Crippen molar-refractivity contribution in [2.75, 3.05) is 5.32 Å². The first-order valence-electron chi connectivity index (χ1n) is 8.78. The van der Waals surface area contributed by atoms with E-state index in [4.69, 9.17) is 22.1 Å². The second-order valence-corrected chi connectivity index (χ2v) is 6.93. The van der Waals surface area contributed by atoms with Crippen LogP contribution in [-0.2, 0) is 4.79 Å². The first-order valence-corrected chi connectivity index (χ1v) is 9.15. The summed E-state index contributed by atoms with van der Waals surface area (Å²) < 4.78 is 5.60. The van der Waals surface area contributed by atoms with E-state index in [0.717, 1.165) is 11.1 Å². The van der Waals surface area contributed by atoms with Gasteiger partial charge in [0.2, 0.25) is 17.7 Å². The van der Waals surface area contributed by atoms with Crippen molar-refractivity contribution in [2.45, 2.75) is 12.8 Å². The number of nitrogens with two attached hydrogens (primary N) is 1. The predicted molar refractivity (Wildman–Crippen MR) is 109 cm³/mol. The van der Waals surface area contributed by atoms with Crippen molar-refractivity contribution in [2.24, 2.45) is 5.73 Å². The molecular formula is C21H16ClN5O2. The van der Waals surface area contributed by atoms with E-state index in [-0.39, 0.29) is 17.4 Å². The number of amides is 1. The monoisotopic (exact) mass is 405 g/mol. The Morgan fingerprint density at radius 3 is 2.66 bits per heavy atom. The van der Waals surface area contributed by atoms with E-state index in [2.05, 4.69) is 21.6 Å². The van der Waals surface area contributed by atoms with Crippen LogP contribution in [0.4, 0.5) is 5.69 Å². The van der Waals surface area contributed by atoms with Crippen molar-refractivity contribution in [3.63, 3.8) is 0 Å². The van der Waals surface area contributed by atoms with Crippen molar-refractivity contribution >= 4 is 23.2 Å². The van der Waals surface area contributed by atoms with Gasteiger partial charge in [0.25, 0.3) is 0 Å². The van der Waals surface area contributed by atoms with Gasteiger partial charge >= 0.3 is 0 Å². The van der Waals surface area contributed by atoms with Gasteiger partial charge in [0.05, 0.1) is 17.2 Å². The Balaban J connectivity index is 1.88. The fraction of sp³-hybridized carbons (Fsp3) is 0.0952. The van der Waals surface area contributed by atoms with E-state index >= 15 is 0 Å². The highest BCUT2D eigenvalue weighted by Crippen LogP contribution is 2.46. The summed E-state index contributed by atoms with van der Waals surface area (Å²) in [5, 5.41) is 20.2. The first kappa shape index (κ1) is 18.6. The quantitative estimate of drug-likeness (QED) is 0.610. The fourth-order valence-electron chi connectivity index (χ4n) is 3.41. The predicted octanol–water partition coefficient (Wildman–Crippen LogP) is 3.91. The Morgan fingerprint density at radius 2 is 2.00 bits per heavy atom. The van der Waals surface area contributed by atoms with Crippen LogP contribution in [-0.4, -0.2) is 16.1 Å². The number of nitriles is 1. The summed E-state index contributed by atoms with van der Waals surface area (Å²) >= 11 is 6.39. The lowest BCUT2D eigenvalue weighted by Gasteiger charge is -2.24. The van der Waals surface area contributed by atoms with Gasteiger partial charge in [-0.05, 0) is 23.8 Å². The maximum Gasteiger partial charge on any atom is 0.244 e. The molecule has 0 aliphatic carbocycles. The van der Waals surface area contributed by atoms with Crippen LogP contribution in [0.2, 0.25) is 5.02 Å². The third-order valence-electron chi connectivity index (χ3n) is 4.65. The van der Waals surface area contributed by atoms with E-state index in [9.17, 15) is 10.1 Å². The zero-order valence-corrected chi connectivity index (χ0v) is 16.1. The van der Waals surface area contributed by atoms with Crippen LogP contribution in [0.3, 0.4) is 0 Å². The SMILES string of the molecule is CC(=O)Nc1ccc(C2C(C#N)=C(N)Oc3n[nH]c(-c4ccccc4Cl)c32)cc1. The molecule has 0 radical (unpaired) electrons. The number of nitrogens with zero attached hydrogens (tertiary/aromatic N) is 2. The summed E-state index contributed by atoms with van der Waals surface area (Å²) in [6, 6.07) is 16.7. The third kappa shape index (κ3) is 3.30. The minimum atomic E-state index is -0.500. The van der Waals surface area contributed by atoms with Crippen molar-refractivity contribution in [1.29, 1.82) is 5.26 Å². The number of carbonyl (C=O) groups is 1. The van der Waals surface area contributed by atoms with Gasteiger partial charge in [-0.25, -0.2) is 0 Å². The first-order chi connectivity index (χ1) is 14.0. The molecule has 0 fully saturated rings. The molecule has 0 saturated heterocycles. The highest BCUT2D eigenvalue weighted by molar-refractivity contribution is 6.33. The Labute approximate surface area is 171 Å². The standard InChI is InChI=1S/C21H16ClN5O2/c1-11(28)25-13-8-6-12(7-9-13)17-15(10-23)20(24)29-21-18(17)19(26-27-21)14-4-2-3-5-16(14)22/h2-9,17H,24H2,1H3,(H,25,28)(H,26,27). The van der Waals surface area contributed by atoms with Gasteiger partial charge in [-0.2, -0.15) is 5.26 Å². The molecule has 144 valence electrons. The molecule has 0 spiro atoms. The number of rotatable bonds is 3. The Kier molecular flexibility index (Phi) is 4.71. The highest BCUT2D eigenvalue weighted by atomic mass is 35.5. The number of nitrogens with one attached hydrogen (secondary N) is 2. The number of H-pyrrole nitrogens is 1. The minimum absolute atomic E-state index is 0.00754. The highest BCUT2D eigenvalue weighted by Gasteiger charge is 2.35. The molecule has 1 atom stereocenters. The second-order valence-electron chi connectivity index (χ2n) is 6.53. The number of benzene rings is 2. The van der Waals surface area contributed by atoms with Crippen LogP contribution in [0.1, 0.15) is 24.0 Å². The molecule has 4 N–H and O–H groups in total.